The molecule has 1 aliphatic heterocycles. The number of carbonyl (C=O) groups excluding carboxylic acids is 1. The van der Waals surface area contributed by atoms with Crippen molar-refractivity contribution in [3.8, 4) is 0 Å². The third-order valence-corrected chi connectivity index (χ3v) is 3.42. The lowest BCUT2D eigenvalue weighted by Crippen LogP contribution is -2.62. The highest BCUT2D eigenvalue weighted by molar-refractivity contribution is 5.90. The maximum absolute atomic E-state index is 12.2. The van der Waals surface area contributed by atoms with Crippen LogP contribution in [-0.4, -0.2) is 51.4 Å². The van der Waals surface area contributed by atoms with Gasteiger partial charge in [-0.05, 0) is 13.8 Å². The quantitative estimate of drug-likeness (QED) is 0.599. The molecule has 9 heteroatoms. The van der Waals surface area contributed by atoms with E-state index in [-0.39, 0.29) is 23.4 Å². The normalized spacial score (nSPS) is 18.2. The lowest BCUT2D eigenvalue weighted by atomic mass is 9.97. The van der Waals surface area contributed by atoms with Crippen LogP contribution >= 0.6 is 0 Å². The second-order valence-electron chi connectivity index (χ2n) is 5.13. The largest absolute Gasteiger partial charge is 0.368 e. The van der Waals surface area contributed by atoms with Gasteiger partial charge in [-0.25, -0.2) is 4.98 Å². The molecule has 0 bridgehead atoms. The first-order chi connectivity index (χ1) is 9.25. The summed E-state index contributed by atoms with van der Waals surface area (Å²) in [7, 11) is 1.70. The number of nitrogens with zero attached hydrogens (tertiary/aromatic N) is 5. The van der Waals surface area contributed by atoms with Gasteiger partial charge in [0.05, 0.1) is 4.92 Å². The van der Waals surface area contributed by atoms with Crippen LogP contribution in [0.1, 0.15) is 13.8 Å². The highest BCUT2D eigenvalue weighted by atomic mass is 16.6. The van der Waals surface area contributed by atoms with E-state index in [1.807, 2.05) is 0 Å². The third-order valence-electron chi connectivity index (χ3n) is 3.42. The Bertz CT molecular complexity index is 573. The molecule has 2 heterocycles. The molecule has 1 aromatic heterocycles. The Hall–Kier alpha value is -2.45. The van der Waals surface area contributed by atoms with Crippen LogP contribution in [0.15, 0.2) is 6.20 Å². The first-order valence-corrected chi connectivity index (χ1v) is 6.05. The fraction of sp³-hybridized carbons (Fsp3) is 0.545. The Morgan fingerprint density at radius 2 is 2.10 bits per heavy atom. The summed E-state index contributed by atoms with van der Waals surface area (Å²) >= 11 is 0. The van der Waals surface area contributed by atoms with Crippen LogP contribution in [-0.2, 0) is 4.79 Å². The molecular formula is C11H16N6O3. The molecule has 9 nitrogen and oxygen atoms in total. The molecule has 0 aromatic carbocycles. The van der Waals surface area contributed by atoms with Gasteiger partial charge in [0.25, 0.3) is 0 Å². The number of likely N-dealkylation sites (N-methyl/N-ethyl adjacent to an activating group) is 1. The molecule has 0 saturated carbocycles. The fourth-order valence-corrected chi connectivity index (χ4v) is 2.29. The summed E-state index contributed by atoms with van der Waals surface area (Å²) in [4.78, 5) is 33.5. The number of hydrogen-bond acceptors (Lipinski definition) is 7. The average molecular weight is 280 g/mol. The Morgan fingerprint density at radius 1 is 1.45 bits per heavy atom. The number of nitrogen functional groups attached to an aromatic ring is 1. The summed E-state index contributed by atoms with van der Waals surface area (Å²) in [5.41, 5.74) is 4.33. The first kappa shape index (κ1) is 14.0. The first-order valence-electron chi connectivity index (χ1n) is 6.05. The molecule has 0 atom stereocenters. The van der Waals surface area contributed by atoms with E-state index in [2.05, 4.69) is 9.97 Å². The average Bonchev–Trinajstić information content (AvgIpc) is 2.35. The lowest BCUT2D eigenvalue weighted by Gasteiger charge is -2.44. The van der Waals surface area contributed by atoms with Crippen molar-refractivity contribution in [2.75, 3.05) is 30.8 Å². The zero-order chi connectivity index (χ0) is 15.1. The number of piperazine rings is 1. The van der Waals surface area contributed by atoms with E-state index >= 15 is 0 Å². The van der Waals surface area contributed by atoms with Gasteiger partial charge >= 0.3 is 5.69 Å². The Morgan fingerprint density at radius 3 is 2.70 bits per heavy atom. The Kier molecular flexibility index (Phi) is 3.20. The van der Waals surface area contributed by atoms with Crippen molar-refractivity contribution in [2.24, 2.45) is 0 Å². The summed E-state index contributed by atoms with van der Waals surface area (Å²) in [5.74, 6) is -0.114. The zero-order valence-electron chi connectivity index (χ0n) is 11.5. The van der Waals surface area contributed by atoms with Crippen molar-refractivity contribution in [1.82, 2.24) is 14.9 Å². The molecule has 1 saturated heterocycles. The molecule has 20 heavy (non-hydrogen) atoms. The molecule has 1 fully saturated rings. The third kappa shape index (κ3) is 2.10. The van der Waals surface area contributed by atoms with Gasteiger partial charge in [-0.15, -0.1) is 0 Å². The van der Waals surface area contributed by atoms with E-state index in [9.17, 15) is 14.9 Å². The van der Waals surface area contributed by atoms with Crippen LogP contribution in [0.3, 0.4) is 0 Å². The van der Waals surface area contributed by atoms with Crippen LogP contribution < -0.4 is 10.6 Å². The van der Waals surface area contributed by atoms with Gasteiger partial charge in [0, 0.05) is 20.1 Å². The maximum atomic E-state index is 12.2. The summed E-state index contributed by atoms with van der Waals surface area (Å²) < 4.78 is 0. The minimum Gasteiger partial charge on any atom is -0.368 e. The number of hydrogen-bond donors (Lipinski definition) is 1. The molecule has 1 amide bonds. The maximum Gasteiger partial charge on any atom is 0.329 e. The van der Waals surface area contributed by atoms with Gasteiger partial charge in [0.2, 0.25) is 17.7 Å². The number of nitrogens with two attached hydrogens (primary N) is 1. The van der Waals surface area contributed by atoms with E-state index in [1.165, 1.54) is 0 Å². The fourth-order valence-electron chi connectivity index (χ4n) is 2.29. The number of nitro groups is 1. The van der Waals surface area contributed by atoms with E-state index in [4.69, 9.17) is 5.73 Å². The van der Waals surface area contributed by atoms with Gasteiger partial charge in [-0.1, -0.05) is 0 Å². The van der Waals surface area contributed by atoms with Gasteiger partial charge in [0.15, 0.2) is 0 Å². The summed E-state index contributed by atoms with van der Waals surface area (Å²) in [5, 5.41) is 11.1. The highest BCUT2D eigenvalue weighted by Gasteiger charge is 2.43. The van der Waals surface area contributed by atoms with Crippen LogP contribution in [0, 0.1) is 10.1 Å². The zero-order valence-corrected chi connectivity index (χ0v) is 11.5. The number of amides is 1. The van der Waals surface area contributed by atoms with Crippen molar-refractivity contribution in [2.45, 2.75) is 19.4 Å². The number of rotatable bonds is 2. The number of aromatic nitrogens is 2. The second-order valence-corrected chi connectivity index (χ2v) is 5.13. The Balaban J connectivity index is 2.53. The highest BCUT2D eigenvalue weighted by Crippen LogP contribution is 2.33. The molecular weight excluding hydrogens is 264 g/mol. The van der Waals surface area contributed by atoms with Gasteiger partial charge in [0.1, 0.15) is 11.7 Å². The molecule has 1 aliphatic rings. The molecule has 0 aliphatic carbocycles. The molecule has 0 spiro atoms. The second kappa shape index (κ2) is 4.58. The minimum absolute atomic E-state index is 0.0622. The summed E-state index contributed by atoms with van der Waals surface area (Å²) in [6.45, 7) is 4.30. The summed E-state index contributed by atoms with van der Waals surface area (Å²) in [6.07, 6.45) is 1.07. The van der Waals surface area contributed by atoms with Gasteiger partial charge < -0.3 is 15.5 Å². The summed E-state index contributed by atoms with van der Waals surface area (Å²) in [6, 6.07) is 0. The SMILES string of the molecule is CN1CCN(c2nc(N)ncc2[N+](=O)[O-])C(C)(C)C1=O. The van der Waals surface area contributed by atoms with Crippen molar-refractivity contribution < 1.29 is 9.72 Å². The Labute approximate surface area is 115 Å². The van der Waals surface area contributed by atoms with E-state index in [0.29, 0.717) is 13.1 Å². The number of anilines is 2. The van der Waals surface area contributed by atoms with Gasteiger partial charge in [-0.2, -0.15) is 4.98 Å². The monoisotopic (exact) mass is 280 g/mol. The molecule has 1 aromatic rings. The molecule has 0 radical (unpaired) electrons. The molecule has 2 rings (SSSR count). The number of carbonyl (C=O) groups is 1. The molecule has 108 valence electrons. The topological polar surface area (TPSA) is 118 Å². The van der Waals surface area contributed by atoms with Gasteiger partial charge in [-0.3, -0.25) is 14.9 Å². The standard InChI is InChI=1S/C11H16N6O3/c1-11(2)9(18)15(3)4-5-16(11)8-7(17(19)20)6-13-10(12)14-8/h6H,4-5H2,1-3H3,(H2,12,13,14). The smallest absolute Gasteiger partial charge is 0.329 e. The van der Waals surface area contributed by atoms with Crippen molar-refractivity contribution in [1.29, 1.82) is 0 Å². The molecule has 2 N–H and O–H groups in total. The van der Waals surface area contributed by atoms with E-state index < -0.39 is 10.5 Å². The lowest BCUT2D eigenvalue weighted by molar-refractivity contribution is -0.384. The molecule has 0 unspecified atom stereocenters. The van der Waals surface area contributed by atoms with E-state index in [1.54, 1.807) is 30.7 Å². The predicted molar refractivity (Wildman–Crippen MR) is 72.2 cm³/mol. The van der Waals surface area contributed by atoms with Crippen LogP contribution in [0.5, 0.6) is 0 Å². The van der Waals surface area contributed by atoms with Crippen LogP contribution in [0.4, 0.5) is 17.5 Å². The van der Waals surface area contributed by atoms with Crippen molar-refractivity contribution >= 4 is 23.4 Å². The van der Waals surface area contributed by atoms with Crippen molar-refractivity contribution in [3.05, 3.63) is 16.3 Å². The van der Waals surface area contributed by atoms with E-state index in [0.717, 1.165) is 6.20 Å². The van der Waals surface area contributed by atoms with Crippen LogP contribution in [0.2, 0.25) is 0 Å². The predicted octanol–water partition coefficient (Wildman–Crippen LogP) is 0.0240. The van der Waals surface area contributed by atoms with Crippen LogP contribution in [0.25, 0.3) is 0 Å². The minimum atomic E-state index is -0.932. The van der Waals surface area contributed by atoms with Crippen molar-refractivity contribution in [3.63, 3.8) is 0 Å².